The minimum atomic E-state index is -3.45. The van der Waals surface area contributed by atoms with E-state index < -0.39 is 33.3 Å². The molecule has 1 aliphatic heterocycles. The number of nitrogens with zero attached hydrogens (tertiary/aromatic N) is 3. The van der Waals surface area contributed by atoms with E-state index in [9.17, 15) is 17.6 Å². The van der Waals surface area contributed by atoms with Crippen molar-refractivity contribution in [2.75, 3.05) is 19.8 Å². The highest BCUT2D eigenvalue weighted by atomic mass is 35.5. The molecule has 2 aliphatic rings. The predicted octanol–water partition coefficient (Wildman–Crippen LogP) is 5.10. The van der Waals surface area contributed by atoms with Gasteiger partial charge in [0.2, 0.25) is 10.0 Å². The lowest BCUT2D eigenvalue weighted by Gasteiger charge is -2.36. The molecule has 1 atom stereocenters. The van der Waals surface area contributed by atoms with E-state index in [4.69, 9.17) is 34.2 Å². The van der Waals surface area contributed by atoms with E-state index in [2.05, 4.69) is 14.7 Å². The minimum absolute atomic E-state index is 0.0172. The van der Waals surface area contributed by atoms with E-state index in [1.807, 2.05) is 12.1 Å². The van der Waals surface area contributed by atoms with Crippen molar-refractivity contribution in [3.8, 4) is 17.2 Å². The number of aromatic nitrogens is 1. The zero-order valence-corrected chi connectivity index (χ0v) is 26.0. The van der Waals surface area contributed by atoms with Crippen LogP contribution in [0.3, 0.4) is 0 Å². The van der Waals surface area contributed by atoms with Crippen molar-refractivity contribution in [2.45, 2.75) is 37.8 Å². The summed E-state index contributed by atoms with van der Waals surface area (Å²) in [5, 5.41) is 9.63. The van der Waals surface area contributed by atoms with Crippen LogP contribution >= 0.6 is 23.2 Å². The molecule has 2 heterocycles. The van der Waals surface area contributed by atoms with Crippen LogP contribution in [0.15, 0.2) is 58.9 Å². The van der Waals surface area contributed by atoms with Gasteiger partial charge in [-0.15, -0.1) is 0 Å². The number of carbonyl (C=O) groups excluding carboxylic acids is 1. The number of nitrogens with one attached hydrogen (secondary N) is 2. The maximum atomic E-state index is 14.7. The Morgan fingerprint density at radius 2 is 1.95 bits per heavy atom. The topological polar surface area (TPSA) is 144 Å². The first-order valence-electron chi connectivity index (χ1n) is 13.4. The number of halogens is 3. The van der Waals surface area contributed by atoms with E-state index in [1.165, 1.54) is 23.2 Å². The van der Waals surface area contributed by atoms with Gasteiger partial charge in [0.05, 0.1) is 34.1 Å². The average Bonchev–Trinajstić information content (AvgIpc) is 3.55. The van der Waals surface area contributed by atoms with Gasteiger partial charge in [0.15, 0.2) is 0 Å². The molecule has 1 saturated carbocycles. The maximum absolute atomic E-state index is 14.7. The van der Waals surface area contributed by atoms with Crippen molar-refractivity contribution in [2.24, 2.45) is 10.7 Å². The number of hydrogen-bond donors (Lipinski definition) is 3. The molecule has 1 amide bonds. The van der Waals surface area contributed by atoms with E-state index >= 15 is 0 Å². The lowest BCUT2D eigenvalue weighted by atomic mass is 9.90. The lowest BCUT2D eigenvalue weighted by Crippen LogP contribution is -2.46. The van der Waals surface area contributed by atoms with Crippen LogP contribution in [0.2, 0.25) is 10.0 Å². The molecule has 0 spiro atoms. The number of benzene rings is 2. The zero-order chi connectivity index (χ0) is 31.3. The van der Waals surface area contributed by atoms with Gasteiger partial charge < -0.3 is 15.6 Å². The summed E-state index contributed by atoms with van der Waals surface area (Å²) in [6.45, 7) is 2.03. The molecule has 0 radical (unpaired) electrons. The van der Waals surface area contributed by atoms with Gasteiger partial charge in [-0.3, -0.25) is 9.79 Å². The smallest absolute Gasteiger partial charge is 0.256 e. The number of amides is 1. The molecule has 43 heavy (non-hydrogen) atoms. The van der Waals surface area contributed by atoms with Crippen molar-refractivity contribution in [1.82, 2.24) is 14.6 Å². The summed E-state index contributed by atoms with van der Waals surface area (Å²) < 4.78 is 41.5. The van der Waals surface area contributed by atoms with Crippen molar-refractivity contribution in [3.63, 3.8) is 0 Å². The monoisotopic (exact) mass is 642 g/mol. The van der Waals surface area contributed by atoms with Gasteiger partial charge in [-0.25, -0.2) is 17.5 Å². The number of carbonyl (C=O) groups is 1. The fourth-order valence-corrected chi connectivity index (χ4v) is 7.18. The fourth-order valence-electron chi connectivity index (χ4n) is 5.62. The molecule has 1 fully saturated rings. The third-order valence-electron chi connectivity index (χ3n) is 7.88. The summed E-state index contributed by atoms with van der Waals surface area (Å²) >= 11 is 13.1. The number of hydrogen-bond acceptors (Lipinski definition) is 6. The Balaban J connectivity index is 1.46. The molecule has 2 aromatic carbocycles. The zero-order valence-electron chi connectivity index (χ0n) is 23.6. The minimum Gasteiger partial charge on any atom is -0.400 e. The van der Waals surface area contributed by atoms with Gasteiger partial charge in [-0.1, -0.05) is 23.2 Å². The van der Waals surface area contributed by atoms with Crippen LogP contribution in [0.4, 0.5) is 4.39 Å². The molecule has 0 saturated heterocycles. The van der Waals surface area contributed by atoms with Crippen LogP contribution in [0, 0.1) is 17.1 Å². The van der Waals surface area contributed by atoms with Gasteiger partial charge >= 0.3 is 0 Å². The normalized spacial score (nSPS) is 18.5. The summed E-state index contributed by atoms with van der Waals surface area (Å²) in [6.07, 6.45) is 4.30. The standard InChI is InChI=1S/C30H29Cl2FN6O3S/c1-16-27(35)23(28(36-2)17-8-19(11-20(31)9-17)30(5-6-30)38-43(3,41)42)4-7-39(16)29(40)25-13-21(33)12-24(26(25)32)18-10-22(14-34)37-15-18/h8-13,15-16,37-38H,4-7,35H2,1-3H3/t16-/m0/s1. The highest BCUT2D eigenvalue weighted by molar-refractivity contribution is 7.88. The average molecular weight is 644 g/mol. The predicted molar refractivity (Wildman–Crippen MR) is 165 cm³/mol. The third-order valence-corrected chi connectivity index (χ3v) is 9.26. The number of nitrogens with two attached hydrogens (primary N) is 1. The Morgan fingerprint density at radius 3 is 2.56 bits per heavy atom. The SMILES string of the molecule is CN=C(C1=C(N)[C@H](C)N(C(=O)c2cc(F)cc(-c3c[nH]c(C#N)c3)c2Cl)CC1)c1cc(Cl)cc(C2(NS(C)(=O)=O)CC2)c1. The second-order valence-corrected chi connectivity index (χ2v) is 13.4. The molecule has 1 aromatic heterocycles. The van der Waals surface area contributed by atoms with E-state index in [0.717, 1.165) is 23.5 Å². The number of sulfonamides is 1. The molecule has 0 bridgehead atoms. The van der Waals surface area contributed by atoms with Crippen molar-refractivity contribution in [1.29, 1.82) is 5.26 Å². The summed E-state index contributed by atoms with van der Waals surface area (Å²) in [5.74, 6) is -1.13. The van der Waals surface area contributed by atoms with Gasteiger partial charge in [-0.2, -0.15) is 5.26 Å². The molecule has 4 N–H and O–H groups in total. The molecular weight excluding hydrogens is 614 g/mol. The van der Waals surface area contributed by atoms with Crippen LogP contribution in [0.1, 0.15) is 53.4 Å². The molecule has 0 unspecified atom stereocenters. The molecule has 5 rings (SSSR count). The van der Waals surface area contributed by atoms with Crippen LogP contribution in [0.25, 0.3) is 11.1 Å². The summed E-state index contributed by atoms with van der Waals surface area (Å²) in [5.41, 5.74) is 10.1. The van der Waals surface area contributed by atoms with E-state index in [-0.39, 0.29) is 28.4 Å². The molecule has 224 valence electrons. The number of nitriles is 1. The Labute approximate surface area is 259 Å². The van der Waals surface area contributed by atoms with Crippen LogP contribution in [-0.4, -0.2) is 55.8 Å². The first-order valence-corrected chi connectivity index (χ1v) is 16.1. The van der Waals surface area contributed by atoms with Gasteiger partial charge in [0.25, 0.3) is 5.91 Å². The van der Waals surface area contributed by atoms with Gasteiger partial charge in [0.1, 0.15) is 17.6 Å². The van der Waals surface area contributed by atoms with Crippen LogP contribution < -0.4 is 10.5 Å². The van der Waals surface area contributed by atoms with E-state index in [0.29, 0.717) is 46.8 Å². The number of aromatic amines is 1. The second kappa shape index (κ2) is 11.4. The van der Waals surface area contributed by atoms with Gasteiger partial charge in [-0.05, 0) is 68.1 Å². The molecular formula is C30H29Cl2FN6O3S. The first-order chi connectivity index (χ1) is 20.3. The van der Waals surface area contributed by atoms with Crippen LogP contribution in [0.5, 0.6) is 0 Å². The quantitative estimate of drug-likeness (QED) is 0.307. The number of rotatable bonds is 7. The first kappa shape index (κ1) is 30.8. The Hall–Kier alpha value is -3.69. The highest BCUT2D eigenvalue weighted by Crippen LogP contribution is 2.47. The molecule has 13 heteroatoms. The van der Waals surface area contributed by atoms with E-state index in [1.54, 1.807) is 26.1 Å². The summed E-state index contributed by atoms with van der Waals surface area (Å²) in [6, 6.07) is 10.6. The van der Waals surface area contributed by atoms with Crippen molar-refractivity contribution >= 4 is 44.8 Å². The highest BCUT2D eigenvalue weighted by Gasteiger charge is 2.47. The molecule has 9 nitrogen and oxygen atoms in total. The maximum Gasteiger partial charge on any atom is 0.256 e. The van der Waals surface area contributed by atoms with Crippen LogP contribution in [-0.2, 0) is 15.6 Å². The lowest BCUT2D eigenvalue weighted by molar-refractivity contribution is 0.0706. The molecule has 1 aliphatic carbocycles. The summed E-state index contributed by atoms with van der Waals surface area (Å²) in [7, 11) is -1.82. The summed E-state index contributed by atoms with van der Waals surface area (Å²) in [4.78, 5) is 22.6. The largest absolute Gasteiger partial charge is 0.400 e. The second-order valence-electron chi connectivity index (χ2n) is 10.8. The fraction of sp³-hybridized carbons (Fsp3) is 0.300. The van der Waals surface area contributed by atoms with Crippen molar-refractivity contribution < 1.29 is 17.6 Å². The number of aliphatic imine (C=N–C) groups is 1. The van der Waals surface area contributed by atoms with Gasteiger partial charge in [0, 0.05) is 52.8 Å². The Bertz CT molecular complexity index is 1860. The Morgan fingerprint density at radius 1 is 1.23 bits per heavy atom. The molecule has 3 aromatic rings. The third kappa shape index (κ3) is 6.06. The Kier molecular flexibility index (Phi) is 8.17. The number of H-pyrrole nitrogens is 1. The van der Waals surface area contributed by atoms with Crippen molar-refractivity contribution in [3.05, 3.63) is 92.1 Å².